The molecule has 2 saturated carbocycles. The van der Waals surface area contributed by atoms with Gasteiger partial charge in [0.15, 0.2) is 0 Å². The van der Waals surface area contributed by atoms with Crippen molar-refractivity contribution in [2.75, 3.05) is 11.9 Å². The number of benzene rings is 1. The molecular weight excluding hydrogens is 208 g/mol. The van der Waals surface area contributed by atoms with E-state index in [0.29, 0.717) is 5.41 Å². The molecule has 88 valence electrons. The number of nitrogens with one attached hydrogen (secondary N) is 1. The fourth-order valence-corrected chi connectivity index (χ4v) is 2.76. The van der Waals surface area contributed by atoms with Gasteiger partial charge in [0.05, 0.1) is 11.6 Å². The van der Waals surface area contributed by atoms with Gasteiger partial charge >= 0.3 is 0 Å². The first kappa shape index (κ1) is 10.7. The van der Waals surface area contributed by atoms with E-state index in [1.807, 2.05) is 19.1 Å². The summed E-state index contributed by atoms with van der Waals surface area (Å²) >= 11 is 0. The molecule has 0 aliphatic heterocycles. The molecule has 0 unspecified atom stereocenters. The highest BCUT2D eigenvalue weighted by Gasteiger charge is 2.53. The predicted molar refractivity (Wildman–Crippen MR) is 68.8 cm³/mol. The second-order valence-corrected chi connectivity index (χ2v) is 5.63. The summed E-state index contributed by atoms with van der Waals surface area (Å²) in [6.07, 6.45) is 5.68. The van der Waals surface area contributed by atoms with Crippen molar-refractivity contribution in [2.45, 2.75) is 32.6 Å². The van der Waals surface area contributed by atoms with Gasteiger partial charge in [0.2, 0.25) is 0 Å². The van der Waals surface area contributed by atoms with Gasteiger partial charge in [-0.1, -0.05) is 0 Å². The molecule has 2 heteroatoms. The van der Waals surface area contributed by atoms with Crippen LogP contribution in [0.4, 0.5) is 5.69 Å². The Morgan fingerprint density at radius 1 is 1.41 bits per heavy atom. The Balaban J connectivity index is 1.65. The lowest BCUT2D eigenvalue weighted by atomic mass is 10.0. The van der Waals surface area contributed by atoms with Crippen LogP contribution in [-0.2, 0) is 0 Å². The highest BCUT2D eigenvalue weighted by atomic mass is 14.9. The monoisotopic (exact) mass is 226 g/mol. The molecule has 3 rings (SSSR count). The standard InChI is InChI=1S/C15H18N2/c1-11-8-14(5-2-12(11)9-16)17-10-15(6-7-15)13-3-4-13/h2,5,8,13,17H,3-4,6-7,10H2,1H3. The molecule has 0 atom stereocenters. The highest BCUT2D eigenvalue weighted by Crippen LogP contribution is 2.61. The number of hydrogen-bond donors (Lipinski definition) is 1. The molecule has 2 fully saturated rings. The number of hydrogen-bond acceptors (Lipinski definition) is 2. The maximum absolute atomic E-state index is 8.89. The molecule has 2 nitrogen and oxygen atoms in total. The molecule has 1 N–H and O–H groups in total. The molecule has 0 heterocycles. The van der Waals surface area contributed by atoms with Gasteiger partial charge in [-0.05, 0) is 67.7 Å². The third-order valence-electron chi connectivity index (χ3n) is 4.33. The van der Waals surface area contributed by atoms with Gasteiger partial charge < -0.3 is 5.32 Å². The Labute approximate surface area is 103 Å². The Morgan fingerprint density at radius 3 is 2.71 bits per heavy atom. The molecule has 0 spiro atoms. The quantitative estimate of drug-likeness (QED) is 0.853. The van der Waals surface area contributed by atoms with Crippen molar-refractivity contribution in [3.63, 3.8) is 0 Å². The van der Waals surface area contributed by atoms with Crippen LogP contribution in [0.2, 0.25) is 0 Å². The maximum Gasteiger partial charge on any atom is 0.0994 e. The van der Waals surface area contributed by atoms with Crippen LogP contribution in [0.15, 0.2) is 18.2 Å². The fraction of sp³-hybridized carbons (Fsp3) is 0.533. The van der Waals surface area contributed by atoms with Crippen LogP contribution in [0, 0.1) is 29.6 Å². The Kier molecular flexibility index (Phi) is 2.36. The van der Waals surface area contributed by atoms with E-state index in [4.69, 9.17) is 5.26 Å². The topological polar surface area (TPSA) is 35.8 Å². The van der Waals surface area contributed by atoms with E-state index in [0.717, 1.165) is 29.3 Å². The molecule has 1 aromatic carbocycles. The van der Waals surface area contributed by atoms with E-state index < -0.39 is 0 Å². The van der Waals surface area contributed by atoms with Crippen LogP contribution >= 0.6 is 0 Å². The largest absolute Gasteiger partial charge is 0.384 e. The summed E-state index contributed by atoms with van der Waals surface area (Å²) < 4.78 is 0. The van der Waals surface area contributed by atoms with Gasteiger partial charge in [0.25, 0.3) is 0 Å². The minimum Gasteiger partial charge on any atom is -0.384 e. The molecule has 2 aliphatic carbocycles. The average Bonchev–Trinajstić information content (AvgIpc) is 3.17. The van der Waals surface area contributed by atoms with Crippen LogP contribution in [-0.4, -0.2) is 6.54 Å². The summed E-state index contributed by atoms with van der Waals surface area (Å²) in [5, 5.41) is 12.4. The van der Waals surface area contributed by atoms with Crippen LogP contribution in [0.3, 0.4) is 0 Å². The molecule has 0 radical (unpaired) electrons. The van der Waals surface area contributed by atoms with E-state index in [1.165, 1.54) is 25.7 Å². The van der Waals surface area contributed by atoms with Gasteiger partial charge in [0, 0.05) is 12.2 Å². The van der Waals surface area contributed by atoms with Crippen molar-refractivity contribution in [1.82, 2.24) is 0 Å². The molecule has 0 amide bonds. The van der Waals surface area contributed by atoms with Crippen LogP contribution in [0.5, 0.6) is 0 Å². The van der Waals surface area contributed by atoms with E-state index >= 15 is 0 Å². The average molecular weight is 226 g/mol. The van der Waals surface area contributed by atoms with Crippen molar-refractivity contribution in [3.8, 4) is 6.07 Å². The zero-order chi connectivity index (χ0) is 11.9. The van der Waals surface area contributed by atoms with Gasteiger partial charge in [-0.2, -0.15) is 5.26 Å². The second-order valence-electron chi connectivity index (χ2n) is 5.63. The predicted octanol–water partition coefficient (Wildman–Crippen LogP) is 3.47. The van der Waals surface area contributed by atoms with Gasteiger partial charge in [0.1, 0.15) is 0 Å². The first-order valence-corrected chi connectivity index (χ1v) is 6.48. The van der Waals surface area contributed by atoms with E-state index in [2.05, 4.69) is 17.5 Å². The van der Waals surface area contributed by atoms with Crippen molar-refractivity contribution in [2.24, 2.45) is 11.3 Å². The van der Waals surface area contributed by atoms with Crippen molar-refractivity contribution in [1.29, 1.82) is 5.26 Å². The SMILES string of the molecule is Cc1cc(NCC2(C3CC3)CC2)ccc1C#N. The van der Waals surface area contributed by atoms with Crippen molar-refractivity contribution < 1.29 is 0 Å². The Hall–Kier alpha value is -1.49. The van der Waals surface area contributed by atoms with E-state index in [1.54, 1.807) is 0 Å². The number of aryl methyl sites for hydroxylation is 1. The Morgan fingerprint density at radius 2 is 2.18 bits per heavy atom. The first-order chi connectivity index (χ1) is 8.23. The number of nitriles is 1. The fourth-order valence-electron chi connectivity index (χ4n) is 2.76. The third-order valence-corrected chi connectivity index (χ3v) is 4.33. The summed E-state index contributed by atoms with van der Waals surface area (Å²) in [7, 11) is 0. The van der Waals surface area contributed by atoms with E-state index in [9.17, 15) is 0 Å². The molecule has 1 aromatic rings. The molecule has 2 aliphatic rings. The summed E-state index contributed by atoms with van der Waals surface area (Å²) in [4.78, 5) is 0. The van der Waals surface area contributed by atoms with Gasteiger partial charge in [-0.3, -0.25) is 0 Å². The summed E-state index contributed by atoms with van der Waals surface area (Å²) in [5.41, 5.74) is 3.63. The molecule has 0 aromatic heterocycles. The molecule has 0 saturated heterocycles. The zero-order valence-corrected chi connectivity index (χ0v) is 10.3. The minimum absolute atomic E-state index is 0.627. The van der Waals surface area contributed by atoms with Gasteiger partial charge in [-0.25, -0.2) is 0 Å². The molecular formula is C15H18N2. The summed E-state index contributed by atoms with van der Waals surface area (Å²) in [5.74, 6) is 0.995. The highest BCUT2D eigenvalue weighted by molar-refractivity contribution is 5.51. The molecule has 17 heavy (non-hydrogen) atoms. The lowest BCUT2D eigenvalue weighted by molar-refractivity contribution is 0.467. The number of rotatable bonds is 4. The van der Waals surface area contributed by atoms with Crippen molar-refractivity contribution in [3.05, 3.63) is 29.3 Å². The van der Waals surface area contributed by atoms with Crippen LogP contribution in [0.25, 0.3) is 0 Å². The normalized spacial score (nSPS) is 20.7. The molecule has 0 bridgehead atoms. The third kappa shape index (κ3) is 2.02. The van der Waals surface area contributed by atoms with Crippen molar-refractivity contribution >= 4 is 5.69 Å². The van der Waals surface area contributed by atoms with E-state index in [-0.39, 0.29) is 0 Å². The zero-order valence-electron chi connectivity index (χ0n) is 10.3. The smallest absolute Gasteiger partial charge is 0.0994 e. The minimum atomic E-state index is 0.627. The van der Waals surface area contributed by atoms with Gasteiger partial charge in [-0.15, -0.1) is 0 Å². The lowest BCUT2D eigenvalue weighted by Gasteiger charge is -2.16. The second kappa shape index (κ2) is 3.77. The van der Waals surface area contributed by atoms with Crippen LogP contribution < -0.4 is 5.32 Å². The summed E-state index contributed by atoms with van der Waals surface area (Å²) in [6.45, 7) is 3.11. The number of anilines is 1. The summed E-state index contributed by atoms with van der Waals surface area (Å²) in [6, 6.07) is 8.23. The first-order valence-electron chi connectivity index (χ1n) is 6.48. The van der Waals surface area contributed by atoms with Crippen LogP contribution in [0.1, 0.15) is 36.8 Å². The lowest BCUT2D eigenvalue weighted by Crippen LogP contribution is -2.17. The number of nitrogens with zero attached hydrogens (tertiary/aromatic N) is 1. The maximum atomic E-state index is 8.89. The Bertz CT molecular complexity index is 476.